The highest BCUT2D eigenvalue weighted by Gasteiger charge is 2.18. The second kappa shape index (κ2) is 6.00. The molecule has 0 radical (unpaired) electrons. The first-order valence-electron chi connectivity index (χ1n) is 6.93. The van der Waals surface area contributed by atoms with Crippen LogP contribution in [0.25, 0.3) is 5.69 Å². The molecule has 116 valence electrons. The summed E-state index contributed by atoms with van der Waals surface area (Å²) in [6.07, 6.45) is 0. The average molecular weight is 313 g/mol. The summed E-state index contributed by atoms with van der Waals surface area (Å²) < 4.78 is 28.8. The minimum atomic E-state index is -0.833. The summed E-state index contributed by atoms with van der Waals surface area (Å²) in [5.41, 5.74) is 1.01. The second-order valence-corrected chi connectivity index (χ2v) is 4.97. The van der Waals surface area contributed by atoms with Crippen molar-refractivity contribution in [2.24, 2.45) is 0 Å². The van der Waals surface area contributed by atoms with Crippen LogP contribution in [-0.2, 0) is 0 Å². The molecule has 3 aromatic rings. The van der Waals surface area contributed by atoms with E-state index in [1.54, 1.807) is 25.1 Å². The molecular formula is C17H13F2N3O. The predicted molar refractivity (Wildman–Crippen MR) is 82.6 cm³/mol. The summed E-state index contributed by atoms with van der Waals surface area (Å²) >= 11 is 0. The van der Waals surface area contributed by atoms with Crippen LogP contribution >= 0.6 is 0 Å². The van der Waals surface area contributed by atoms with Gasteiger partial charge in [-0.1, -0.05) is 24.3 Å². The monoisotopic (exact) mass is 313 g/mol. The van der Waals surface area contributed by atoms with Gasteiger partial charge >= 0.3 is 0 Å². The van der Waals surface area contributed by atoms with Crippen LogP contribution < -0.4 is 5.32 Å². The fourth-order valence-corrected chi connectivity index (χ4v) is 2.22. The number of nitrogens with one attached hydrogen (secondary N) is 1. The molecule has 1 aromatic heterocycles. The van der Waals surface area contributed by atoms with Gasteiger partial charge in [-0.05, 0) is 37.3 Å². The molecule has 0 saturated carbocycles. The number of anilines is 1. The number of carbonyl (C=O) groups is 1. The van der Waals surface area contributed by atoms with Gasteiger partial charge in [-0.3, -0.25) is 4.79 Å². The Bertz CT molecular complexity index is 839. The van der Waals surface area contributed by atoms with Gasteiger partial charge in [0.2, 0.25) is 0 Å². The number of amides is 1. The Kier molecular flexibility index (Phi) is 3.89. The van der Waals surface area contributed by atoms with Crippen LogP contribution in [0.15, 0.2) is 54.6 Å². The lowest BCUT2D eigenvalue weighted by Crippen LogP contribution is -2.18. The van der Waals surface area contributed by atoms with E-state index in [0.717, 1.165) is 12.1 Å². The molecule has 1 N–H and O–H groups in total. The SMILES string of the molecule is Cc1cc(C(=O)Nc2c(F)cccc2F)n(-c2ccccc2)n1. The lowest BCUT2D eigenvalue weighted by molar-refractivity contribution is 0.101. The number of benzene rings is 2. The normalized spacial score (nSPS) is 10.6. The Morgan fingerprint density at radius 2 is 1.70 bits per heavy atom. The van der Waals surface area contributed by atoms with Gasteiger partial charge in [-0.25, -0.2) is 13.5 Å². The molecular weight excluding hydrogens is 300 g/mol. The Hall–Kier alpha value is -3.02. The van der Waals surface area contributed by atoms with E-state index in [0.29, 0.717) is 11.4 Å². The van der Waals surface area contributed by atoms with Crippen LogP contribution in [-0.4, -0.2) is 15.7 Å². The molecule has 0 fully saturated rings. The summed E-state index contributed by atoms with van der Waals surface area (Å²) in [6, 6.07) is 14.0. The third-order valence-electron chi connectivity index (χ3n) is 3.27. The highest BCUT2D eigenvalue weighted by atomic mass is 19.1. The van der Waals surface area contributed by atoms with Crippen molar-refractivity contribution in [1.29, 1.82) is 0 Å². The second-order valence-electron chi connectivity index (χ2n) is 4.97. The van der Waals surface area contributed by atoms with Crippen molar-refractivity contribution in [2.75, 3.05) is 5.32 Å². The van der Waals surface area contributed by atoms with Crippen molar-refractivity contribution in [3.05, 3.63) is 77.6 Å². The first-order valence-corrected chi connectivity index (χ1v) is 6.93. The molecule has 4 nitrogen and oxygen atoms in total. The molecule has 23 heavy (non-hydrogen) atoms. The maximum absolute atomic E-state index is 13.7. The first-order chi connectivity index (χ1) is 11.1. The number of halogens is 2. The van der Waals surface area contributed by atoms with Gasteiger partial charge in [0.1, 0.15) is 23.0 Å². The summed E-state index contributed by atoms with van der Waals surface area (Å²) in [5.74, 6) is -2.31. The fraction of sp³-hybridized carbons (Fsp3) is 0.0588. The molecule has 0 spiro atoms. The Morgan fingerprint density at radius 3 is 2.35 bits per heavy atom. The molecule has 2 aromatic carbocycles. The molecule has 0 unspecified atom stereocenters. The number of aryl methyl sites for hydroxylation is 1. The number of carbonyl (C=O) groups excluding carboxylic acids is 1. The van der Waals surface area contributed by atoms with Crippen molar-refractivity contribution in [3.63, 3.8) is 0 Å². The van der Waals surface area contributed by atoms with E-state index in [-0.39, 0.29) is 5.69 Å². The maximum atomic E-state index is 13.7. The van der Waals surface area contributed by atoms with E-state index in [1.807, 2.05) is 18.2 Å². The van der Waals surface area contributed by atoms with Crippen molar-refractivity contribution < 1.29 is 13.6 Å². The largest absolute Gasteiger partial charge is 0.316 e. The lowest BCUT2D eigenvalue weighted by Gasteiger charge is -2.09. The van der Waals surface area contributed by atoms with Crippen molar-refractivity contribution >= 4 is 11.6 Å². The van der Waals surface area contributed by atoms with Crippen LogP contribution in [0.5, 0.6) is 0 Å². The Morgan fingerprint density at radius 1 is 1.04 bits per heavy atom. The smallest absolute Gasteiger partial charge is 0.274 e. The van der Waals surface area contributed by atoms with Gasteiger partial charge in [-0.2, -0.15) is 5.10 Å². The number of rotatable bonds is 3. The zero-order valence-corrected chi connectivity index (χ0v) is 12.3. The number of nitrogens with zero attached hydrogens (tertiary/aromatic N) is 2. The molecule has 0 aliphatic heterocycles. The molecule has 0 aliphatic rings. The molecule has 1 heterocycles. The molecule has 0 aliphatic carbocycles. The van der Waals surface area contributed by atoms with Crippen LogP contribution in [0.4, 0.5) is 14.5 Å². The highest BCUT2D eigenvalue weighted by Crippen LogP contribution is 2.20. The third-order valence-corrected chi connectivity index (χ3v) is 3.27. The quantitative estimate of drug-likeness (QED) is 0.801. The number of hydrogen-bond acceptors (Lipinski definition) is 2. The minimum Gasteiger partial charge on any atom is -0.316 e. The van der Waals surface area contributed by atoms with Gasteiger partial charge in [-0.15, -0.1) is 0 Å². The van der Waals surface area contributed by atoms with Crippen molar-refractivity contribution in [2.45, 2.75) is 6.92 Å². The average Bonchev–Trinajstić information content (AvgIpc) is 2.94. The number of para-hydroxylation sites is 2. The zero-order chi connectivity index (χ0) is 16.4. The first kappa shape index (κ1) is 14.9. The van der Waals surface area contributed by atoms with Crippen LogP contribution in [0.2, 0.25) is 0 Å². The molecule has 0 atom stereocenters. The number of hydrogen-bond donors (Lipinski definition) is 1. The molecule has 0 bridgehead atoms. The minimum absolute atomic E-state index is 0.191. The van der Waals surface area contributed by atoms with Gasteiger partial charge < -0.3 is 5.32 Å². The van der Waals surface area contributed by atoms with Crippen molar-refractivity contribution in [3.8, 4) is 5.69 Å². The summed E-state index contributed by atoms with van der Waals surface area (Å²) in [5, 5.41) is 6.53. The van der Waals surface area contributed by atoms with Crippen LogP contribution in [0.3, 0.4) is 0 Å². The standard InChI is InChI=1S/C17H13F2N3O/c1-11-10-15(22(21-11)12-6-3-2-4-7-12)17(23)20-16-13(18)8-5-9-14(16)19/h2-10H,1H3,(H,20,23). The molecule has 6 heteroatoms. The molecule has 3 rings (SSSR count). The van der Waals surface area contributed by atoms with E-state index in [2.05, 4.69) is 10.4 Å². The maximum Gasteiger partial charge on any atom is 0.274 e. The highest BCUT2D eigenvalue weighted by molar-refractivity contribution is 6.03. The molecule has 1 amide bonds. The van der Waals surface area contributed by atoms with E-state index in [1.165, 1.54) is 10.7 Å². The predicted octanol–water partition coefficient (Wildman–Crippen LogP) is 3.71. The van der Waals surface area contributed by atoms with E-state index < -0.39 is 23.2 Å². The van der Waals surface area contributed by atoms with Crippen LogP contribution in [0.1, 0.15) is 16.2 Å². The fourth-order valence-electron chi connectivity index (χ4n) is 2.22. The summed E-state index contributed by atoms with van der Waals surface area (Å²) in [6.45, 7) is 1.74. The summed E-state index contributed by atoms with van der Waals surface area (Å²) in [4.78, 5) is 12.4. The van der Waals surface area contributed by atoms with Gasteiger partial charge in [0.15, 0.2) is 0 Å². The van der Waals surface area contributed by atoms with Crippen LogP contribution in [0, 0.1) is 18.6 Å². The van der Waals surface area contributed by atoms with Crippen molar-refractivity contribution in [1.82, 2.24) is 9.78 Å². The lowest BCUT2D eigenvalue weighted by atomic mass is 10.2. The van der Waals surface area contributed by atoms with E-state index in [4.69, 9.17) is 0 Å². The number of aromatic nitrogens is 2. The van der Waals surface area contributed by atoms with Gasteiger partial charge in [0, 0.05) is 0 Å². The van der Waals surface area contributed by atoms with Gasteiger partial charge in [0.05, 0.1) is 11.4 Å². The third kappa shape index (κ3) is 2.96. The van der Waals surface area contributed by atoms with E-state index >= 15 is 0 Å². The van der Waals surface area contributed by atoms with Gasteiger partial charge in [0.25, 0.3) is 5.91 Å². The van der Waals surface area contributed by atoms with E-state index in [9.17, 15) is 13.6 Å². The summed E-state index contributed by atoms with van der Waals surface area (Å²) in [7, 11) is 0. The molecule has 0 saturated heterocycles. The zero-order valence-electron chi connectivity index (χ0n) is 12.3. The Labute approximate surface area is 131 Å². The topological polar surface area (TPSA) is 46.9 Å². The Balaban J connectivity index is 1.98.